The highest BCUT2D eigenvalue weighted by Crippen LogP contribution is 2.26. The van der Waals surface area contributed by atoms with E-state index in [1.165, 1.54) is 12.0 Å². The first-order valence-corrected chi connectivity index (χ1v) is 6.63. The van der Waals surface area contributed by atoms with Crippen molar-refractivity contribution in [1.82, 2.24) is 0 Å². The lowest BCUT2D eigenvalue weighted by Gasteiger charge is -2.09. The third kappa shape index (κ3) is 3.54. The van der Waals surface area contributed by atoms with Crippen molar-refractivity contribution in [1.29, 1.82) is 0 Å². The van der Waals surface area contributed by atoms with Gasteiger partial charge >= 0.3 is 0 Å². The summed E-state index contributed by atoms with van der Waals surface area (Å²) < 4.78 is 1.12. The van der Waals surface area contributed by atoms with E-state index in [0.717, 1.165) is 21.2 Å². The summed E-state index contributed by atoms with van der Waals surface area (Å²) in [6.07, 6.45) is 1.22. The number of anilines is 1. The van der Waals surface area contributed by atoms with Crippen LogP contribution >= 0.6 is 27.7 Å². The van der Waals surface area contributed by atoms with E-state index >= 15 is 0 Å². The minimum Gasteiger partial charge on any atom is -0.399 e. The van der Waals surface area contributed by atoms with Crippen LogP contribution in [0.1, 0.15) is 25.8 Å². The van der Waals surface area contributed by atoms with Crippen LogP contribution in [0.3, 0.4) is 0 Å². The molecule has 0 saturated carbocycles. The van der Waals surface area contributed by atoms with Crippen molar-refractivity contribution in [3.8, 4) is 0 Å². The third-order valence-corrected chi connectivity index (χ3v) is 4.29. The second kappa shape index (κ2) is 5.66. The lowest BCUT2D eigenvalue weighted by Crippen LogP contribution is -1.95. The van der Waals surface area contributed by atoms with Gasteiger partial charge in [0, 0.05) is 21.2 Å². The first-order valence-electron chi connectivity index (χ1n) is 4.79. The first kappa shape index (κ1) is 11.9. The molecule has 0 bridgehead atoms. The summed E-state index contributed by atoms with van der Waals surface area (Å²) >= 11 is 5.50. The molecule has 0 spiro atoms. The molecule has 0 fully saturated rings. The van der Waals surface area contributed by atoms with Gasteiger partial charge in [-0.2, -0.15) is 11.8 Å². The smallest absolute Gasteiger partial charge is 0.0325 e. The highest BCUT2D eigenvalue weighted by molar-refractivity contribution is 9.10. The van der Waals surface area contributed by atoms with Crippen molar-refractivity contribution in [2.24, 2.45) is 0 Å². The zero-order valence-corrected chi connectivity index (χ0v) is 11.0. The van der Waals surface area contributed by atoms with Crippen molar-refractivity contribution in [3.05, 3.63) is 28.2 Å². The Balaban J connectivity index is 2.59. The molecule has 2 N–H and O–H groups in total. The van der Waals surface area contributed by atoms with Gasteiger partial charge in [0.25, 0.3) is 0 Å². The molecular weight excluding hydrogens is 258 g/mol. The predicted octanol–water partition coefficient (Wildman–Crippen LogP) is 4.06. The zero-order chi connectivity index (χ0) is 10.6. The van der Waals surface area contributed by atoms with Gasteiger partial charge in [0.2, 0.25) is 0 Å². The number of rotatable bonds is 4. The summed E-state index contributed by atoms with van der Waals surface area (Å²) in [5.41, 5.74) is 7.81. The van der Waals surface area contributed by atoms with E-state index in [2.05, 4.69) is 35.8 Å². The van der Waals surface area contributed by atoms with Crippen LogP contribution in [0.15, 0.2) is 22.7 Å². The van der Waals surface area contributed by atoms with Gasteiger partial charge in [-0.15, -0.1) is 0 Å². The average molecular weight is 274 g/mol. The number of hydrogen-bond acceptors (Lipinski definition) is 2. The molecular formula is C11H16BrNS. The minimum absolute atomic E-state index is 0.722. The van der Waals surface area contributed by atoms with E-state index in [0.29, 0.717) is 0 Å². The van der Waals surface area contributed by atoms with Crippen LogP contribution in [0.2, 0.25) is 0 Å². The van der Waals surface area contributed by atoms with Gasteiger partial charge < -0.3 is 5.73 Å². The SMILES string of the molecule is CCC(C)SCc1ccc(N)cc1Br. The quantitative estimate of drug-likeness (QED) is 0.838. The van der Waals surface area contributed by atoms with Crippen LogP contribution in [0.25, 0.3) is 0 Å². The summed E-state index contributed by atoms with van der Waals surface area (Å²) in [7, 11) is 0. The largest absolute Gasteiger partial charge is 0.399 e. The highest BCUT2D eigenvalue weighted by atomic mass is 79.9. The summed E-state index contributed by atoms with van der Waals surface area (Å²) in [5.74, 6) is 1.05. The fourth-order valence-electron chi connectivity index (χ4n) is 1.03. The Kier molecular flexibility index (Phi) is 4.82. The lowest BCUT2D eigenvalue weighted by molar-refractivity contribution is 0.905. The molecule has 0 radical (unpaired) electrons. The maximum atomic E-state index is 5.67. The number of halogens is 1. The fourth-order valence-corrected chi connectivity index (χ4v) is 2.70. The van der Waals surface area contributed by atoms with Crippen LogP contribution in [-0.2, 0) is 5.75 Å². The fraction of sp³-hybridized carbons (Fsp3) is 0.455. The molecule has 0 aliphatic rings. The van der Waals surface area contributed by atoms with Gasteiger partial charge in [0.1, 0.15) is 0 Å². The van der Waals surface area contributed by atoms with Gasteiger partial charge in [-0.25, -0.2) is 0 Å². The third-order valence-electron chi connectivity index (χ3n) is 2.18. The summed E-state index contributed by atoms with van der Waals surface area (Å²) in [4.78, 5) is 0. The Morgan fingerprint density at radius 3 is 2.79 bits per heavy atom. The van der Waals surface area contributed by atoms with E-state index in [1.54, 1.807) is 0 Å². The van der Waals surface area contributed by atoms with Crippen molar-refractivity contribution in [2.45, 2.75) is 31.3 Å². The van der Waals surface area contributed by atoms with Gasteiger partial charge in [-0.05, 0) is 24.1 Å². The summed E-state index contributed by atoms with van der Waals surface area (Å²) in [6.45, 7) is 4.48. The Hall–Kier alpha value is -0.150. The molecule has 1 aromatic rings. The molecule has 14 heavy (non-hydrogen) atoms. The second-order valence-corrected chi connectivity index (χ2v) is 5.66. The molecule has 1 atom stereocenters. The van der Waals surface area contributed by atoms with E-state index in [4.69, 9.17) is 5.73 Å². The van der Waals surface area contributed by atoms with Gasteiger partial charge in [0.15, 0.2) is 0 Å². The minimum atomic E-state index is 0.722. The van der Waals surface area contributed by atoms with Crippen molar-refractivity contribution < 1.29 is 0 Å². The second-order valence-electron chi connectivity index (χ2n) is 3.38. The van der Waals surface area contributed by atoms with E-state index in [9.17, 15) is 0 Å². The molecule has 1 aromatic carbocycles. The van der Waals surface area contributed by atoms with Crippen molar-refractivity contribution in [3.63, 3.8) is 0 Å². The lowest BCUT2D eigenvalue weighted by atomic mass is 10.2. The topological polar surface area (TPSA) is 26.0 Å². The van der Waals surface area contributed by atoms with Crippen molar-refractivity contribution >= 4 is 33.4 Å². The van der Waals surface area contributed by atoms with E-state index in [1.807, 2.05) is 23.9 Å². The van der Waals surface area contributed by atoms with Crippen molar-refractivity contribution in [2.75, 3.05) is 5.73 Å². The molecule has 1 unspecified atom stereocenters. The number of hydrogen-bond donors (Lipinski definition) is 1. The standard InChI is InChI=1S/C11H16BrNS/c1-3-8(2)14-7-9-4-5-10(13)6-11(9)12/h4-6,8H,3,7,13H2,1-2H3. The zero-order valence-electron chi connectivity index (χ0n) is 8.59. The monoisotopic (exact) mass is 273 g/mol. The van der Waals surface area contributed by atoms with Crippen LogP contribution in [0.5, 0.6) is 0 Å². The maximum absolute atomic E-state index is 5.67. The first-order chi connectivity index (χ1) is 6.63. The van der Waals surface area contributed by atoms with Crippen LogP contribution < -0.4 is 5.73 Å². The maximum Gasteiger partial charge on any atom is 0.0325 e. The molecule has 0 aliphatic carbocycles. The van der Waals surface area contributed by atoms with Crippen LogP contribution in [0, 0.1) is 0 Å². The van der Waals surface area contributed by atoms with Gasteiger partial charge in [-0.3, -0.25) is 0 Å². The summed E-state index contributed by atoms with van der Waals surface area (Å²) in [6, 6.07) is 6.01. The number of benzene rings is 1. The molecule has 1 nitrogen and oxygen atoms in total. The molecule has 0 saturated heterocycles. The molecule has 3 heteroatoms. The van der Waals surface area contributed by atoms with E-state index < -0.39 is 0 Å². The predicted molar refractivity (Wildman–Crippen MR) is 69.6 cm³/mol. The normalized spacial score (nSPS) is 12.8. The average Bonchev–Trinajstić information content (AvgIpc) is 2.16. The molecule has 0 amide bonds. The molecule has 0 aliphatic heterocycles. The number of nitrogens with two attached hydrogens (primary N) is 1. The summed E-state index contributed by atoms with van der Waals surface area (Å²) in [5, 5.41) is 0.722. The molecule has 0 heterocycles. The Bertz CT molecular complexity index is 301. The van der Waals surface area contributed by atoms with Crippen LogP contribution in [0.4, 0.5) is 5.69 Å². The van der Waals surface area contributed by atoms with Crippen LogP contribution in [-0.4, -0.2) is 5.25 Å². The Morgan fingerprint density at radius 1 is 1.50 bits per heavy atom. The van der Waals surface area contributed by atoms with Gasteiger partial charge in [-0.1, -0.05) is 35.8 Å². The number of nitrogen functional groups attached to an aromatic ring is 1. The highest BCUT2D eigenvalue weighted by Gasteiger charge is 2.03. The van der Waals surface area contributed by atoms with Gasteiger partial charge in [0.05, 0.1) is 0 Å². The Morgan fingerprint density at radius 2 is 2.21 bits per heavy atom. The Labute approximate surface area is 98.6 Å². The number of thioether (sulfide) groups is 1. The molecule has 0 aromatic heterocycles. The molecule has 78 valence electrons. The molecule has 1 rings (SSSR count). The van der Waals surface area contributed by atoms with E-state index in [-0.39, 0.29) is 0 Å².